The molecule has 0 saturated heterocycles. The zero-order chi connectivity index (χ0) is 14.9. The van der Waals surface area contributed by atoms with Crippen molar-refractivity contribution in [3.8, 4) is 0 Å². The fourth-order valence-corrected chi connectivity index (χ4v) is 5.22. The maximum absolute atomic E-state index is 12.3. The minimum atomic E-state index is -3.74. The average Bonchev–Trinajstić information content (AvgIpc) is 2.76. The Kier molecular flexibility index (Phi) is 4.85. The van der Waals surface area contributed by atoms with Gasteiger partial charge in [-0.2, -0.15) is 0 Å². The Balaban J connectivity index is 2.35. The molecular formula is C11H10Br2N2O3S2. The molecule has 2 aromatic heterocycles. The molecule has 2 rings (SSSR count). The van der Waals surface area contributed by atoms with E-state index in [2.05, 4.69) is 41.6 Å². The van der Waals surface area contributed by atoms with Crippen LogP contribution in [-0.4, -0.2) is 18.5 Å². The van der Waals surface area contributed by atoms with Gasteiger partial charge < -0.3 is 5.11 Å². The summed E-state index contributed by atoms with van der Waals surface area (Å²) >= 11 is 7.68. The van der Waals surface area contributed by atoms with Crippen molar-refractivity contribution in [2.45, 2.75) is 18.4 Å². The number of aromatic nitrogens is 1. The summed E-state index contributed by atoms with van der Waals surface area (Å²) in [6.07, 6.45) is 0. The molecule has 2 N–H and O–H groups in total. The first-order valence-corrected chi connectivity index (χ1v) is 9.27. The molecule has 0 spiro atoms. The molecule has 0 amide bonds. The first-order valence-electron chi connectivity index (χ1n) is 5.38. The lowest BCUT2D eigenvalue weighted by atomic mass is 10.4. The van der Waals surface area contributed by atoms with Crippen molar-refractivity contribution in [2.75, 3.05) is 4.72 Å². The molecule has 0 unspecified atom stereocenters. The van der Waals surface area contributed by atoms with Gasteiger partial charge in [-0.25, -0.2) is 13.4 Å². The Labute approximate surface area is 137 Å². The van der Waals surface area contributed by atoms with Gasteiger partial charge in [0.1, 0.15) is 10.7 Å². The lowest BCUT2D eigenvalue weighted by Crippen LogP contribution is -2.14. The highest BCUT2D eigenvalue weighted by Crippen LogP contribution is 2.32. The van der Waals surface area contributed by atoms with E-state index < -0.39 is 10.0 Å². The Morgan fingerprint density at radius 3 is 2.65 bits per heavy atom. The van der Waals surface area contributed by atoms with E-state index >= 15 is 0 Å². The molecule has 0 atom stereocenters. The van der Waals surface area contributed by atoms with Crippen LogP contribution < -0.4 is 4.72 Å². The molecule has 0 bridgehead atoms. The molecule has 0 aliphatic carbocycles. The number of aliphatic hydroxyl groups excluding tert-OH is 1. The van der Waals surface area contributed by atoms with Gasteiger partial charge in [-0.05, 0) is 57.0 Å². The number of aryl methyl sites for hydroxylation is 1. The predicted molar refractivity (Wildman–Crippen MR) is 85.4 cm³/mol. The third-order valence-electron chi connectivity index (χ3n) is 2.41. The predicted octanol–water partition coefficient (Wildman–Crippen LogP) is 3.27. The second kappa shape index (κ2) is 6.10. The smallest absolute Gasteiger partial charge is 0.265 e. The molecule has 2 heterocycles. The molecular weight excluding hydrogens is 432 g/mol. The number of nitrogens with zero attached hydrogens (tertiary/aromatic N) is 1. The summed E-state index contributed by atoms with van der Waals surface area (Å²) in [5.41, 5.74) is 0.686. The number of rotatable bonds is 4. The van der Waals surface area contributed by atoms with Crippen molar-refractivity contribution in [2.24, 2.45) is 0 Å². The van der Waals surface area contributed by atoms with E-state index in [0.29, 0.717) is 14.4 Å². The molecule has 20 heavy (non-hydrogen) atoms. The molecule has 9 heteroatoms. The van der Waals surface area contributed by atoms with Crippen LogP contribution in [0.15, 0.2) is 31.4 Å². The number of halogens is 2. The summed E-state index contributed by atoms with van der Waals surface area (Å²) in [6, 6.07) is 4.73. The van der Waals surface area contributed by atoms with Crippen molar-refractivity contribution >= 4 is 59.0 Å². The van der Waals surface area contributed by atoms with Crippen LogP contribution >= 0.6 is 43.2 Å². The molecule has 0 radical (unpaired) electrons. The number of hydrogen-bond donors (Lipinski definition) is 2. The fourth-order valence-electron chi connectivity index (χ4n) is 1.45. The third kappa shape index (κ3) is 3.40. The summed E-state index contributed by atoms with van der Waals surface area (Å²) in [5, 5.41) is 9.05. The van der Waals surface area contributed by atoms with E-state index in [9.17, 15) is 8.42 Å². The van der Waals surface area contributed by atoms with Gasteiger partial charge in [0.15, 0.2) is 0 Å². The molecule has 5 nitrogen and oxygen atoms in total. The Bertz CT molecular complexity index is 744. The van der Waals surface area contributed by atoms with E-state index in [4.69, 9.17) is 5.11 Å². The van der Waals surface area contributed by atoms with Gasteiger partial charge in [0.05, 0.1) is 16.1 Å². The van der Waals surface area contributed by atoms with Gasteiger partial charge in [0, 0.05) is 9.35 Å². The van der Waals surface area contributed by atoms with E-state index in [1.54, 1.807) is 19.1 Å². The van der Waals surface area contributed by atoms with Crippen LogP contribution in [0, 0.1) is 6.92 Å². The van der Waals surface area contributed by atoms with Crippen molar-refractivity contribution in [3.63, 3.8) is 0 Å². The minimum absolute atomic E-state index is 0.0916. The summed E-state index contributed by atoms with van der Waals surface area (Å²) in [5.74, 6) is 0.245. The van der Waals surface area contributed by atoms with Gasteiger partial charge in [-0.15, -0.1) is 11.3 Å². The van der Waals surface area contributed by atoms with Crippen LogP contribution in [-0.2, 0) is 16.6 Å². The molecule has 0 saturated carbocycles. The Hall–Kier alpha value is -0.480. The van der Waals surface area contributed by atoms with Crippen molar-refractivity contribution < 1.29 is 13.5 Å². The third-order valence-corrected chi connectivity index (χ3v) is 6.84. The van der Waals surface area contributed by atoms with Gasteiger partial charge in [0.25, 0.3) is 10.0 Å². The van der Waals surface area contributed by atoms with E-state index in [1.165, 1.54) is 17.4 Å². The normalized spacial score (nSPS) is 11.6. The van der Waals surface area contributed by atoms with E-state index in [0.717, 1.165) is 4.47 Å². The maximum atomic E-state index is 12.3. The lowest BCUT2D eigenvalue weighted by Gasteiger charge is -2.07. The van der Waals surface area contributed by atoms with Gasteiger partial charge >= 0.3 is 0 Å². The number of hydrogen-bond acceptors (Lipinski definition) is 5. The highest BCUT2D eigenvalue weighted by Gasteiger charge is 2.21. The van der Waals surface area contributed by atoms with E-state index in [1.807, 2.05) is 0 Å². The number of sulfonamides is 1. The number of pyridine rings is 1. The van der Waals surface area contributed by atoms with E-state index in [-0.39, 0.29) is 17.3 Å². The second-order valence-corrected chi connectivity index (χ2v) is 8.84. The van der Waals surface area contributed by atoms with Crippen molar-refractivity contribution in [1.82, 2.24) is 4.98 Å². The molecule has 0 aliphatic heterocycles. The van der Waals surface area contributed by atoms with Crippen LogP contribution in [0.1, 0.15) is 10.6 Å². The molecule has 2 aromatic rings. The molecule has 0 fully saturated rings. The highest BCUT2D eigenvalue weighted by molar-refractivity contribution is 9.11. The van der Waals surface area contributed by atoms with Crippen LogP contribution in [0.3, 0.4) is 0 Å². The van der Waals surface area contributed by atoms with Crippen LogP contribution in [0.5, 0.6) is 0 Å². The average molecular weight is 442 g/mol. The largest absolute Gasteiger partial charge is 0.391 e. The number of anilines is 1. The molecule has 0 aromatic carbocycles. The van der Waals surface area contributed by atoms with Crippen molar-refractivity contribution in [1.29, 1.82) is 0 Å². The quantitative estimate of drug-likeness (QED) is 0.762. The Morgan fingerprint density at radius 1 is 1.40 bits per heavy atom. The molecule has 108 valence electrons. The van der Waals surface area contributed by atoms with Crippen LogP contribution in [0.25, 0.3) is 0 Å². The summed E-state index contributed by atoms with van der Waals surface area (Å²) < 4.78 is 28.2. The monoisotopic (exact) mass is 440 g/mol. The van der Waals surface area contributed by atoms with Crippen LogP contribution in [0.4, 0.5) is 5.82 Å². The second-order valence-electron chi connectivity index (χ2n) is 3.88. The number of nitrogens with one attached hydrogen (secondary N) is 1. The first-order chi connectivity index (χ1) is 9.33. The summed E-state index contributed by atoms with van der Waals surface area (Å²) in [7, 11) is -3.74. The summed E-state index contributed by atoms with van der Waals surface area (Å²) in [6.45, 7) is 1.57. The van der Waals surface area contributed by atoms with Crippen LogP contribution in [0.2, 0.25) is 0 Å². The van der Waals surface area contributed by atoms with Gasteiger partial charge in [0.2, 0.25) is 0 Å². The SMILES string of the molecule is Cc1nc(NS(=O)(=O)c2cc(CO)sc2Br)ccc1Br. The van der Waals surface area contributed by atoms with Gasteiger partial charge in [-0.3, -0.25) is 4.72 Å². The maximum Gasteiger partial charge on any atom is 0.265 e. The minimum Gasteiger partial charge on any atom is -0.391 e. The summed E-state index contributed by atoms with van der Waals surface area (Å²) in [4.78, 5) is 4.80. The Morgan fingerprint density at radius 2 is 2.10 bits per heavy atom. The zero-order valence-corrected chi connectivity index (χ0v) is 15.0. The number of thiophene rings is 1. The topological polar surface area (TPSA) is 79.3 Å². The lowest BCUT2D eigenvalue weighted by molar-refractivity contribution is 0.285. The van der Waals surface area contributed by atoms with Crippen molar-refractivity contribution in [3.05, 3.63) is 37.0 Å². The fraction of sp³-hybridized carbons (Fsp3) is 0.182. The number of aliphatic hydroxyl groups is 1. The standard InChI is InChI=1S/C11H10Br2N2O3S2/c1-6-8(12)2-3-10(14-6)15-20(17,18)9-4-7(5-16)19-11(9)13/h2-4,16H,5H2,1H3,(H,14,15). The first kappa shape index (κ1) is 15.9. The van der Waals surface area contributed by atoms with Gasteiger partial charge in [-0.1, -0.05) is 0 Å². The molecule has 0 aliphatic rings. The zero-order valence-electron chi connectivity index (χ0n) is 10.2. The highest BCUT2D eigenvalue weighted by atomic mass is 79.9.